The Hall–Kier alpha value is -5.17. The maximum atomic E-state index is 12.7. The van der Waals surface area contributed by atoms with Gasteiger partial charge in [-0.15, -0.1) is 10.2 Å². The van der Waals surface area contributed by atoms with Crippen LogP contribution in [0.1, 0.15) is 44.6 Å². The van der Waals surface area contributed by atoms with Crippen molar-refractivity contribution in [2.75, 3.05) is 54.9 Å². The van der Waals surface area contributed by atoms with E-state index in [4.69, 9.17) is 15.6 Å². The molecule has 2 amide bonds. The summed E-state index contributed by atoms with van der Waals surface area (Å²) in [6.45, 7) is 4.91. The van der Waals surface area contributed by atoms with Crippen molar-refractivity contribution in [3.8, 4) is 33.9 Å². The van der Waals surface area contributed by atoms with Crippen LogP contribution >= 0.6 is 0 Å². The summed E-state index contributed by atoms with van der Waals surface area (Å²) in [4.78, 5) is 31.6. The predicted molar refractivity (Wildman–Crippen MR) is 185 cm³/mol. The fraction of sp³-hybridized carbons (Fsp3) is 0.417. The molecule has 2 saturated heterocycles. The van der Waals surface area contributed by atoms with Crippen molar-refractivity contribution in [3.63, 3.8) is 0 Å². The molecule has 0 bridgehead atoms. The van der Waals surface area contributed by atoms with Crippen LogP contribution in [0.2, 0.25) is 0 Å². The summed E-state index contributed by atoms with van der Waals surface area (Å²) >= 11 is 0. The number of ether oxygens (including phenoxy) is 1. The van der Waals surface area contributed by atoms with Gasteiger partial charge in [0, 0.05) is 61.5 Å². The zero-order chi connectivity index (χ0) is 33.5. The van der Waals surface area contributed by atoms with E-state index in [1.54, 1.807) is 12.1 Å². The number of anilines is 3. The molecule has 3 fully saturated rings. The number of hydrogen-bond acceptors (Lipinski definition) is 11. The highest BCUT2D eigenvalue weighted by Crippen LogP contribution is 2.43. The van der Waals surface area contributed by atoms with Gasteiger partial charge in [0.15, 0.2) is 11.6 Å². The van der Waals surface area contributed by atoms with E-state index in [-0.39, 0.29) is 23.6 Å². The molecule has 1 saturated carbocycles. The highest BCUT2D eigenvalue weighted by atomic mass is 16.5. The van der Waals surface area contributed by atoms with Gasteiger partial charge in [-0.1, -0.05) is 18.2 Å². The SMILES string of the molecule is Nc1nnc(-c2ccccc2O)cc1-c1cnn(C2CCC(N3CCN(c4cccc5c4OCCN5C4CCC(=O)NC4=O)CC3)CC2)c1. The summed E-state index contributed by atoms with van der Waals surface area (Å²) < 4.78 is 8.29. The van der Waals surface area contributed by atoms with E-state index in [0.717, 1.165) is 80.1 Å². The highest BCUT2D eigenvalue weighted by molar-refractivity contribution is 6.02. The summed E-state index contributed by atoms with van der Waals surface area (Å²) in [6, 6.07) is 15.6. The average Bonchev–Trinajstić information content (AvgIpc) is 3.62. The molecular formula is C36H41N9O4. The number of nitrogens with one attached hydrogen (secondary N) is 1. The molecule has 2 aromatic carbocycles. The molecule has 3 aliphatic heterocycles. The molecule has 1 aliphatic carbocycles. The van der Waals surface area contributed by atoms with Crippen molar-refractivity contribution in [1.29, 1.82) is 0 Å². The van der Waals surface area contributed by atoms with Crippen molar-refractivity contribution >= 4 is 29.0 Å². The summed E-state index contributed by atoms with van der Waals surface area (Å²) in [5.41, 5.74) is 11.0. The number of benzene rings is 2. The summed E-state index contributed by atoms with van der Waals surface area (Å²) in [5, 5.41) is 25.9. The lowest BCUT2D eigenvalue weighted by Gasteiger charge is -2.44. The first-order valence-electron chi connectivity index (χ1n) is 17.2. The lowest BCUT2D eigenvalue weighted by Crippen LogP contribution is -2.54. The number of nitrogen functional groups attached to an aromatic ring is 1. The van der Waals surface area contributed by atoms with Crippen molar-refractivity contribution < 1.29 is 19.4 Å². The number of nitrogens with zero attached hydrogens (tertiary/aromatic N) is 7. The van der Waals surface area contributed by atoms with E-state index in [2.05, 4.69) is 47.2 Å². The zero-order valence-corrected chi connectivity index (χ0v) is 27.4. The molecule has 49 heavy (non-hydrogen) atoms. The fourth-order valence-electron chi connectivity index (χ4n) is 7.95. The van der Waals surface area contributed by atoms with Gasteiger partial charge in [-0.25, -0.2) is 0 Å². The second-order valence-electron chi connectivity index (χ2n) is 13.4. The van der Waals surface area contributed by atoms with E-state index < -0.39 is 0 Å². The molecule has 4 aromatic rings. The largest absolute Gasteiger partial charge is 0.507 e. The number of aromatic hydroxyl groups is 1. The molecule has 1 unspecified atom stereocenters. The number of fused-ring (bicyclic) bond motifs is 1. The molecule has 5 heterocycles. The number of hydrogen-bond donors (Lipinski definition) is 3. The molecule has 0 radical (unpaired) electrons. The van der Waals surface area contributed by atoms with Gasteiger partial charge in [0.2, 0.25) is 11.8 Å². The van der Waals surface area contributed by atoms with E-state index in [1.807, 2.05) is 36.5 Å². The van der Waals surface area contributed by atoms with Crippen LogP contribution in [0, 0.1) is 0 Å². The summed E-state index contributed by atoms with van der Waals surface area (Å²) in [6.07, 6.45) is 9.10. The molecular weight excluding hydrogens is 622 g/mol. The van der Waals surface area contributed by atoms with Crippen molar-refractivity contribution in [2.24, 2.45) is 0 Å². The standard InChI is InChI=1S/C36H41N9O4/c37-35-27(20-28(40-41-35)26-4-1-2-7-32(26)46)23-21-38-45(22-23)25-10-8-24(9-11-25)42-14-16-43(17-15-42)29-5-3-6-30-34(29)49-19-18-44(30)31-12-13-33(47)39-36(31)48/h1-7,20-22,24-25,31,46H,8-19H2,(H2,37,41)(H,39,47,48). The van der Waals surface area contributed by atoms with Gasteiger partial charge in [0.05, 0.1) is 35.9 Å². The van der Waals surface area contributed by atoms with Crippen molar-refractivity contribution in [3.05, 3.63) is 60.9 Å². The maximum absolute atomic E-state index is 12.7. The Balaban J connectivity index is 0.884. The number of piperazine rings is 1. The van der Waals surface area contributed by atoms with Crippen LogP contribution in [0.15, 0.2) is 60.9 Å². The highest BCUT2D eigenvalue weighted by Gasteiger charge is 2.36. The van der Waals surface area contributed by atoms with Crippen LogP contribution in [0.25, 0.3) is 22.4 Å². The van der Waals surface area contributed by atoms with Gasteiger partial charge in [0.1, 0.15) is 18.4 Å². The fourth-order valence-corrected chi connectivity index (χ4v) is 7.95. The Bertz CT molecular complexity index is 1860. The second kappa shape index (κ2) is 13.0. The lowest BCUT2D eigenvalue weighted by molar-refractivity contribution is -0.134. The molecule has 13 heteroatoms. The lowest BCUT2D eigenvalue weighted by atomic mass is 9.90. The van der Waals surface area contributed by atoms with Gasteiger partial charge in [-0.2, -0.15) is 5.10 Å². The number of rotatable bonds is 6. The molecule has 13 nitrogen and oxygen atoms in total. The third kappa shape index (κ3) is 6.03. The first-order valence-corrected chi connectivity index (χ1v) is 17.2. The van der Waals surface area contributed by atoms with Crippen LogP contribution in [0.4, 0.5) is 17.2 Å². The first kappa shape index (κ1) is 31.1. The summed E-state index contributed by atoms with van der Waals surface area (Å²) in [7, 11) is 0. The van der Waals surface area contributed by atoms with Crippen LogP contribution in [-0.4, -0.2) is 93.2 Å². The van der Waals surface area contributed by atoms with Crippen LogP contribution < -0.4 is 25.6 Å². The minimum absolute atomic E-state index is 0.146. The molecule has 4 N–H and O–H groups in total. The minimum Gasteiger partial charge on any atom is -0.507 e. The third-order valence-corrected chi connectivity index (χ3v) is 10.6. The third-order valence-electron chi connectivity index (χ3n) is 10.6. The number of phenols is 1. The van der Waals surface area contributed by atoms with Gasteiger partial charge in [-0.3, -0.25) is 24.5 Å². The van der Waals surface area contributed by atoms with E-state index in [1.165, 1.54) is 0 Å². The Morgan fingerprint density at radius 1 is 0.857 bits per heavy atom. The number of aromatic nitrogens is 4. The molecule has 1 atom stereocenters. The molecule has 2 aromatic heterocycles. The maximum Gasteiger partial charge on any atom is 0.249 e. The summed E-state index contributed by atoms with van der Waals surface area (Å²) in [5.74, 6) is 0.893. The predicted octanol–water partition coefficient (Wildman–Crippen LogP) is 3.60. The molecule has 0 spiro atoms. The second-order valence-corrected chi connectivity index (χ2v) is 13.4. The number of phenolic OH excluding ortho intramolecular Hbond substituents is 1. The molecule has 254 valence electrons. The van der Waals surface area contributed by atoms with E-state index >= 15 is 0 Å². The van der Waals surface area contributed by atoms with Crippen molar-refractivity contribution in [1.82, 2.24) is 30.2 Å². The Morgan fingerprint density at radius 3 is 2.43 bits per heavy atom. The van der Waals surface area contributed by atoms with Gasteiger partial charge in [0.25, 0.3) is 0 Å². The van der Waals surface area contributed by atoms with E-state index in [0.29, 0.717) is 55.2 Å². The van der Waals surface area contributed by atoms with Gasteiger partial charge in [-0.05, 0) is 62.4 Å². The number of carbonyl (C=O) groups excluding carboxylic acids is 2. The monoisotopic (exact) mass is 663 g/mol. The number of carbonyl (C=O) groups is 2. The first-order chi connectivity index (χ1) is 23.9. The van der Waals surface area contributed by atoms with Gasteiger partial charge >= 0.3 is 0 Å². The topological polar surface area (TPSA) is 155 Å². The number of imide groups is 1. The molecule has 4 aliphatic rings. The number of amides is 2. The number of para-hydroxylation sites is 2. The zero-order valence-electron chi connectivity index (χ0n) is 27.4. The smallest absolute Gasteiger partial charge is 0.249 e. The van der Waals surface area contributed by atoms with Crippen molar-refractivity contribution in [2.45, 2.75) is 56.7 Å². The normalized spacial score (nSPS) is 23.1. The Morgan fingerprint density at radius 2 is 1.63 bits per heavy atom. The van der Waals surface area contributed by atoms with E-state index in [9.17, 15) is 14.7 Å². The van der Waals surface area contributed by atoms with Crippen LogP contribution in [0.5, 0.6) is 11.5 Å². The Labute approximate surface area is 284 Å². The van der Waals surface area contributed by atoms with Crippen LogP contribution in [-0.2, 0) is 9.59 Å². The molecule has 8 rings (SSSR count). The van der Waals surface area contributed by atoms with Crippen LogP contribution in [0.3, 0.4) is 0 Å². The van der Waals surface area contributed by atoms with Gasteiger partial charge < -0.3 is 25.4 Å². The Kier molecular flexibility index (Phi) is 8.28. The number of nitrogens with two attached hydrogens (primary N) is 1. The average molecular weight is 664 g/mol. The number of piperidine rings is 1. The minimum atomic E-state index is -0.357. The quantitative estimate of drug-likeness (QED) is 0.259.